The van der Waals surface area contributed by atoms with E-state index in [0.29, 0.717) is 17.4 Å². The van der Waals surface area contributed by atoms with Gasteiger partial charge in [0.2, 0.25) is 0 Å². The average Bonchev–Trinajstić information content (AvgIpc) is 2.32. The van der Waals surface area contributed by atoms with E-state index in [2.05, 4.69) is 46.8 Å². The van der Waals surface area contributed by atoms with Crippen molar-refractivity contribution in [3.05, 3.63) is 34.4 Å². The molecule has 2 N–H and O–H groups in total. The molecule has 0 saturated heterocycles. The van der Waals surface area contributed by atoms with Crippen LogP contribution in [0.4, 0.5) is 0 Å². The summed E-state index contributed by atoms with van der Waals surface area (Å²) in [5, 5.41) is 0. The van der Waals surface area contributed by atoms with E-state index in [1.54, 1.807) is 0 Å². The van der Waals surface area contributed by atoms with Crippen molar-refractivity contribution in [1.29, 1.82) is 0 Å². The zero-order valence-corrected chi connectivity index (χ0v) is 13.9. The molecule has 1 aromatic rings. The van der Waals surface area contributed by atoms with Crippen molar-refractivity contribution in [2.45, 2.75) is 72.8 Å². The molecule has 2 unspecified atom stereocenters. The van der Waals surface area contributed by atoms with Gasteiger partial charge in [0.05, 0.1) is 0 Å². The molecular formula is C19H31N. The smallest absolute Gasteiger partial charge is 0.0113 e. The quantitative estimate of drug-likeness (QED) is 0.849. The van der Waals surface area contributed by atoms with Crippen molar-refractivity contribution in [2.75, 3.05) is 0 Å². The molecule has 0 aromatic heterocycles. The zero-order chi connectivity index (χ0) is 14.9. The maximum absolute atomic E-state index is 6.63. The molecule has 0 heterocycles. The van der Waals surface area contributed by atoms with E-state index in [1.807, 2.05) is 0 Å². The Kier molecular flexibility index (Phi) is 4.59. The van der Waals surface area contributed by atoms with E-state index >= 15 is 0 Å². The molecule has 2 rings (SSSR count). The van der Waals surface area contributed by atoms with Crippen LogP contribution in [0.25, 0.3) is 0 Å². The van der Waals surface area contributed by atoms with E-state index in [-0.39, 0.29) is 0 Å². The monoisotopic (exact) mass is 273 g/mol. The molecule has 1 heteroatoms. The van der Waals surface area contributed by atoms with Crippen LogP contribution in [0.2, 0.25) is 0 Å². The van der Waals surface area contributed by atoms with Crippen LogP contribution in [0.3, 0.4) is 0 Å². The Morgan fingerprint density at radius 2 is 1.75 bits per heavy atom. The number of aryl methyl sites for hydroxylation is 3. The average molecular weight is 273 g/mol. The molecule has 0 spiro atoms. The van der Waals surface area contributed by atoms with E-state index in [1.165, 1.54) is 47.9 Å². The number of hydrogen-bond acceptors (Lipinski definition) is 1. The fraction of sp³-hybridized carbons (Fsp3) is 0.684. The molecule has 1 aliphatic rings. The molecule has 20 heavy (non-hydrogen) atoms. The molecule has 0 bridgehead atoms. The summed E-state index contributed by atoms with van der Waals surface area (Å²) in [5.74, 6) is 0.663. The Balaban J connectivity index is 2.17. The molecule has 1 fully saturated rings. The Hall–Kier alpha value is -0.820. The lowest BCUT2D eigenvalue weighted by molar-refractivity contribution is 0.112. The largest absolute Gasteiger partial charge is 0.327 e. The van der Waals surface area contributed by atoms with Crippen LogP contribution >= 0.6 is 0 Å². The van der Waals surface area contributed by atoms with Gasteiger partial charge in [-0.25, -0.2) is 0 Å². The van der Waals surface area contributed by atoms with Crippen molar-refractivity contribution in [2.24, 2.45) is 17.1 Å². The Morgan fingerprint density at radius 1 is 1.15 bits per heavy atom. The molecule has 0 radical (unpaired) electrons. The minimum absolute atomic E-state index is 0.297. The first-order valence-electron chi connectivity index (χ1n) is 8.13. The maximum atomic E-state index is 6.63. The molecule has 1 saturated carbocycles. The summed E-state index contributed by atoms with van der Waals surface area (Å²) in [5.41, 5.74) is 12.7. The Morgan fingerprint density at radius 3 is 2.30 bits per heavy atom. The number of benzene rings is 1. The lowest BCUT2D eigenvalue weighted by Crippen LogP contribution is -2.43. The minimum Gasteiger partial charge on any atom is -0.327 e. The van der Waals surface area contributed by atoms with Gasteiger partial charge in [0.15, 0.2) is 0 Å². The van der Waals surface area contributed by atoms with Crippen molar-refractivity contribution < 1.29 is 0 Å². The van der Waals surface area contributed by atoms with Crippen molar-refractivity contribution >= 4 is 0 Å². The highest BCUT2D eigenvalue weighted by molar-refractivity contribution is 5.38. The minimum atomic E-state index is 0.297. The lowest BCUT2D eigenvalue weighted by atomic mass is 9.65. The van der Waals surface area contributed by atoms with Gasteiger partial charge < -0.3 is 5.73 Å². The normalized spacial score (nSPS) is 23.6. The van der Waals surface area contributed by atoms with Crippen LogP contribution in [0.15, 0.2) is 12.1 Å². The molecule has 0 amide bonds. The topological polar surface area (TPSA) is 26.0 Å². The van der Waals surface area contributed by atoms with Crippen LogP contribution in [-0.4, -0.2) is 6.04 Å². The van der Waals surface area contributed by atoms with E-state index in [9.17, 15) is 0 Å². The van der Waals surface area contributed by atoms with Crippen LogP contribution in [-0.2, 0) is 6.42 Å². The van der Waals surface area contributed by atoms with Gasteiger partial charge in [-0.15, -0.1) is 0 Å². The second-order valence-electron chi connectivity index (χ2n) is 7.59. The predicted molar refractivity (Wildman–Crippen MR) is 88.1 cm³/mol. The molecule has 112 valence electrons. The molecule has 1 aromatic carbocycles. The van der Waals surface area contributed by atoms with Crippen molar-refractivity contribution in [3.8, 4) is 0 Å². The first-order chi connectivity index (χ1) is 9.31. The third-order valence-corrected chi connectivity index (χ3v) is 5.39. The third kappa shape index (κ3) is 3.25. The summed E-state index contributed by atoms with van der Waals surface area (Å²) in [6.07, 6.45) is 6.40. The molecule has 1 aliphatic carbocycles. The second-order valence-corrected chi connectivity index (χ2v) is 7.59. The highest BCUT2D eigenvalue weighted by atomic mass is 14.7. The summed E-state index contributed by atoms with van der Waals surface area (Å²) in [4.78, 5) is 0. The fourth-order valence-corrected chi connectivity index (χ4v) is 4.22. The first-order valence-corrected chi connectivity index (χ1v) is 8.13. The first kappa shape index (κ1) is 15.6. The van der Waals surface area contributed by atoms with Gasteiger partial charge in [-0.05, 0) is 68.1 Å². The number of rotatable bonds is 3. The van der Waals surface area contributed by atoms with Gasteiger partial charge in [0, 0.05) is 6.04 Å². The molecule has 0 aliphatic heterocycles. The molecule has 2 atom stereocenters. The van der Waals surface area contributed by atoms with E-state index in [0.717, 1.165) is 6.42 Å². The van der Waals surface area contributed by atoms with Gasteiger partial charge in [0.1, 0.15) is 0 Å². The SMILES string of the molecule is Cc1cc(C)c(CC(N)C2CCCCC2(C)C)c(C)c1. The van der Waals surface area contributed by atoms with Crippen LogP contribution in [0.1, 0.15) is 61.8 Å². The van der Waals surface area contributed by atoms with Gasteiger partial charge in [0.25, 0.3) is 0 Å². The second kappa shape index (κ2) is 5.89. The Labute approximate surface area is 125 Å². The highest BCUT2D eigenvalue weighted by Crippen LogP contribution is 2.42. The van der Waals surface area contributed by atoms with Gasteiger partial charge in [-0.2, -0.15) is 0 Å². The summed E-state index contributed by atoms with van der Waals surface area (Å²) in [6.45, 7) is 11.5. The number of hydrogen-bond donors (Lipinski definition) is 1. The van der Waals surface area contributed by atoms with Crippen molar-refractivity contribution in [3.63, 3.8) is 0 Å². The van der Waals surface area contributed by atoms with Gasteiger partial charge >= 0.3 is 0 Å². The van der Waals surface area contributed by atoms with Crippen LogP contribution < -0.4 is 5.73 Å². The fourth-order valence-electron chi connectivity index (χ4n) is 4.22. The van der Waals surface area contributed by atoms with Crippen molar-refractivity contribution in [1.82, 2.24) is 0 Å². The highest BCUT2D eigenvalue weighted by Gasteiger charge is 2.36. The summed E-state index contributed by atoms with van der Waals surface area (Å²) in [6, 6.07) is 4.88. The maximum Gasteiger partial charge on any atom is 0.0113 e. The van der Waals surface area contributed by atoms with E-state index < -0.39 is 0 Å². The number of nitrogens with two attached hydrogens (primary N) is 1. The van der Waals surface area contributed by atoms with Crippen LogP contribution in [0, 0.1) is 32.1 Å². The third-order valence-electron chi connectivity index (χ3n) is 5.39. The van der Waals surface area contributed by atoms with E-state index in [4.69, 9.17) is 5.73 Å². The van der Waals surface area contributed by atoms with Gasteiger partial charge in [-0.1, -0.05) is 44.4 Å². The predicted octanol–water partition coefficient (Wildman–Crippen LogP) is 4.70. The zero-order valence-electron chi connectivity index (χ0n) is 13.9. The van der Waals surface area contributed by atoms with Crippen LogP contribution in [0.5, 0.6) is 0 Å². The lowest BCUT2D eigenvalue weighted by Gasteiger charge is -2.42. The Bertz CT molecular complexity index is 450. The summed E-state index contributed by atoms with van der Waals surface area (Å²) >= 11 is 0. The van der Waals surface area contributed by atoms with Gasteiger partial charge in [-0.3, -0.25) is 0 Å². The molecular weight excluding hydrogens is 242 g/mol. The summed E-state index contributed by atoms with van der Waals surface area (Å²) < 4.78 is 0. The molecule has 1 nitrogen and oxygen atoms in total. The standard InChI is InChI=1S/C19H31N/c1-13-10-14(2)16(15(3)11-13)12-18(20)17-8-6-7-9-19(17,4)5/h10-11,17-18H,6-9,12,20H2,1-5H3. The summed E-state index contributed by atoms with van der Waals surface area (Å²) in [7, 11) is 0.